The van der Waals surface area contributed by atoms with E-state index in [4.69, 9.17) is 5.73 Å². The van der Waals surface area contributed by atoms with Gasteiger partial charge in [-0.15, -0.1) is 24.8 Å². The Hall–Kier alpha value is -1.34. The van der Waals surface area contributed by atoms with Gasteiger partial charge in [0.15, 0.2) is 0 Å². The zero-order valence-electron chi connectivity index (χ0n) is 17.4. The van der Waals surface area contributed by atoms with Gasteiger partial charge in [-0.1, -0.05) is 24.6 Å². The lowest BCUT2D eigenvalue weighted by Crippen LogP contribution is -2.54. The molecule has 2 saturated carbocycles. The minimum atomic E-state index is 0. The Morgan fingerprint density at radius 2 is 1.57 bits per heavy atom. The SMILES string of the molecule is Cl.Cl.NC1C2CCCC1CC(C(=O)N1CCN(CC(=O)Nc3ccccc3)CC1)C2. The number of carbonyl (C=O) groups excluding carboxylic acids is 2. The lowest BCUT2D eigenvalue weighted by atomic mass is 9.65. The summed E-state index contributed by atoms with van der Waals surface area (Å²) in [5, 5.41) is 2.93. The van der Waals surface area contributed by atoms with Crippen LogP contribution in [0.1, 0.15) is 32.1 Å². The summed E-state index contributed by atoms with van der Waals surface area (Å²) < 4.78 is 0. The van der Waals surface area contributed by atoms with Crippen LogP contribution in [-0.4, -0.2) is 60.4 Å². The number of hydrogen-bond donors (Lipinski definition) is 2. The van der Waals surface area contributed by atoms with Crippen molar-refractivity contribution in [1.82, 2.24) is 9.80 Å². The maximum Gasteiger partial charge on any atom is 0.238 e. The van der Waals surface area contributed by atoms with Gasteiger partial charge in [-0.2, -0.15) is 0 Å². The molecule has 2 atom stereocenters. The normalized spacial score (nSPS) is 28.6. The molecule has 0 spiro atoms. The van der Waals surface area contributed by atoms with Gasteiger partial charge in [-0.05, 0) is 49.7 Å². The maximum atomic E-state index is 13.0. The minimum Gasteiger partial charge on any atom is -0.340 e. The van der Waals surface area contributed by atoms with E-state index in [0.29, 0.717) is 30.3 Å². The van der Waals surface area contributed by atoms with Gasteiger partial charge >= 0.3 is 0 Å². The van der Waals surface area contributed by atoms with Crippen molar-refractivity contribution in [3.63, 3.8) is 0 Å². The molecule has 8 heteroatoms. The van der Waals surface area contributed by atoms with Crippen LogP contribution in [0.2, 0.25) is 0 Å². The first-order valence-corrected chi connectivity index (χ1v) is 10.7. The number of halogens is 2. The molecule has 3 aliphatic rings. The molecule has 1 saturated heterocycles. The Kier molecular flexibility index (Phi) is 9.41. The van der Waals surface area contributed by atoms with Crippen LogP contribution in [-0.2, 0) is 9.59 Å². The Labute approximate surface area is 191 Å². The summed E-state index contributed by atoms with van der Waals surface area (Å²) >= 11 is 0. The molecule has 3 fully saturated rings. The lowest BCUT2D eigenvalue weighted by Gasteiger charge is -2.45. The number of piperazine rings is 1. The summed E-state index contributed by atoms with van der Waals surface area (Å²) in [6.07, 6.45) is 5.58. The van der Waals surface area contributed by atoms with E-state index >= 15 is 0 Å². The first kappa shape index (κ1) is 24.9. The molecule has 2 aliphatic carbocycles. The van der Waals surface area contributed by atoms with Gasteiger partial charge in [0, 0.05) is 43.8 Å². The zero-order valence-corrected chi connectivity index (χ0v) is 19.0. The van der Waals surface area contributed by atoms with Crippen molar-refractivity contribution >= 4 is 42.3 Å². The van der Waals surface area contributed by atoms with E-state index in [-0.39, 0.29) is 36.6 Å². The number of amides is 2. The Morgan fingerprint density at radius 1 is 0.967 bits per heavy atom. The number of hydrogen-bond acceptors (Lipinski definition) is 4. The van der Waals surface area contributed by atoms with Crippen LogP contribution >= 0.6 is 24.8 Å². The molecule has 6 nitrogen and oxygen atoms in total. The van der Waals surface area contributed by atoms with E-state index in [1.54, 1.807) is 0 Å². The monoisotopic (exact) mass is 456 g/mol. The minimum absolute atomic E-state index is 0. The predicted molar refractivity (Wildman–Crippen MR) is 124 cm³/mol. The average molecular weight is 457 g/mol. The molecule has 1 aromatic rings. The number of anilines is 1. The topological polar surface area (TPSA) is 78.7 Å². The fourth-order valence-electron chi connectivity index (χ4n) is 5.30. The second-order valence-corrected chi connectivity index (χ2v) is 8.71. The van der Waals surface area contributed by atoms with Crippen LogP contribution in [0.3, 0.4) is 0 Å². The van der Waals surface area contributed by atoms with Gasteiger partial charge in [-0.25, -0.2) is 0 Å². The van der Waals surface area contributed by atoms with Crippen molar-refractivity contribution in [1.29, 1.82) is 0 Å². The average Bonchev–Trinajstić information content (AvgIpc) is 2.68. The molecule has 0 aromatic heterocycles. The summed E-state index contributed by atoms with van der Waals surface area (Å²) in [5.74, 6) is 1.54. The molecule has 1 heterocycles. The van der Waals surface area contributed by atoms with E-state index < -0.39 is 0 Å². The number of fused-ring (bicyclic) bond motifs is 2. The molecule has 1 aromatic carbocycles. The highest BCUT2D eigenvalue weighted by molar-refractivity contribution is 5.92. The standard InChI is InChI=1S/C22H32N4O2.2ClH/c23-21-16-5-4-6-17(21)14-18(13-16)22(28)26-11-9-25(10-12-26)15-20(27)24-19-7-2-1-3-8-19;;/h1-3,7-8,16-18,21H,4-6,9-15,23H2,(H,24,27);2*1H. The molecule has 2 bridgehead atoms. The molecular formula is C22H34Cl2N4O2. The highest BCUT2D eigenvalue weighted by Gasteiger charge is 2.41. The first-order valence-electron chi connectivity index (χ1n) is 10.7. The third-order valence-electron chi connectivity index (χ3n) is 6.87. The van der Waals surface area contributed by atoms with E-state index in [1.807, 2.05) is 35.2 Å². The summed E-state index contributed by atoms with van der Waals surface area (Å²) in [6, 6.07) is 9.83. The van der Waals surface area contributed by atoms with Gasteiger partial charge < -0.3 is 16.0 Å². The van der Waals surface area contributed by atoms with E-state index in [0.717, 1.165) is 44.7 Å². The van der Waals surface area contributed by atoms with Crippen molar-refractivity contribution in [3.05, 3.63) is 30.3 Å². The van der Waals surface area contributed by atoms with Gasteiger partial charge in [0.05, 0.1) is 6.54 Å². The molecule has 2 unspecified atom stereocenters. The van der Waals surface area contributed by atoms with Crippen LogP contribution in [0.4, 0.5) is 5.69 Å². The summed E-state index contributed by atoms with van der Waals surface area (Å²) in [6.45, 7) is 3.32. The second-order valence-electron chi connectivity index (χ2n) is 8.71. The summed E-state index contributed by atoms with van der Waals surface area (Å²) in [5.41, 5.74) is 7.20. The van der Waals surface area contributed by atoms with Gasteiger partial charge in [-0.3, -0.25) is 14.5 Å². The maximum absolute atomic E-state index is 13.0. The molecule has 0 radical (unpaired) electrons. The number of nitrogens with zero attached hydrogens (tertiary/aromatic N) is 2. The lowest BCUT2D eigenvalue weighted by molar-refractivity contribution is -0.140. The van der Waals surface area contributed by atoms with Crippen LogP contribution in [0.25, 0.3) is 0 Å². The number of carbonyl (C=O) groups is 2. The third kappa shape index (κ3) is 5.88. The smallest absolute Gasteiger partial charge is 0.238 e. The van der Waals surface area contributed by atoms with Crippen molar-refractivity contribution in [2.24, 2.45) is 23.5 Å². The van der Waals surface area contributed by atoms with E-state index in [9.17, 15) is 9.59 Å². The van der Waals surface area contributed by atoms with Crippen molar-refractivity contribution < 1.29 is 9.59 Å². The molecule has 4 rings (SSSR count). The van der Waals surface area contributed by atoms with Crippen molar-refractivity contribution in [2.45, 2.75) is 38.1 Å². The first-order chi connectivity index (χ1) is 13.6. The fourth-order valence-corrected chi connectivity index (χ4v) is 5.30. The van der Waals surface area contributed by atoms with Gasteiger partial charge in [0.25, 0.3) is 0 Å². The Balaban J connectivity index is 0.00000160. The van der Waals surface area contributed by atoms with Crippen LogP contribution in [0.15, 0.2) is 30.3 Å². The zero-order chi connectivity index (χ0) is 19.5. The number of para-hydroxylation sites is 1. The van der Waals surface area contributed by atoms with Crippen LogP contribution in [0.5, 0.6) is 0 Å². The Morgan fingerprint density at radius 3 is 2.17 bits per heavy atom. The highest BCUT2D eigenvalue weighted by Crippen LogP contribution is 2.42. The predicted octanol–water partition coefficient (Wildman–Crippen LogP) is 2.77. The summed E-state index contributed by atoms with van der Waals surface area (Å²) in [4.78, 5) is 29.4. The molecule has 1 aliphatic heterocycles. The van der Waals surface area contributed by atoms with Crippen molar-refractivity contribution in [2.75, 3.05) is 38.0 Å². The molecule has 3 N–H and O–H groups in total. The number of nitrogens with one attached hydrogen (secondary N) is 1. The highest BCUT2D eigenvalue weighted by atomic mass is 35.5. The van der Waals surface area contributed by atoms with Crippen LogP contribution in [0, 0.1) is 17.8 Å². The van der Waals surface area contributed by atoms with Crippen LogP contribution < -0.4 is 11.1 Å². The van der Waals surface area contributed by atoms with Crippen molar-refractivity contribution in [3.8, 4) is 0 Å². The summed E-state index contributed by atoms with van der Waals surface area (Å²) in [7, 11) is 0. The molecule has 30 heavy (non-hydrogen) atoms. The number of nitrogens with two attached hydrogens (primary N) is 1. The second kappa shape index (κ2) is 11.3. The third-order valence-corrected chi connectivity index (χ3v) is 6.87. The largest absolute Gasteiger partial charge is 0.340 e. The number of benzene rings is 1. The Bertz CT molecular complexity index is 684. The quantitative estimate of drug-likeness (QED) is 0.729. The fraction of sp³-hybridized carbons (Fsp3) is 0.636. The number of rotatable bonds is 4. The van der Waals surface area contributed by atoms with Gasteiger partial charge in [0.1, 0.15) is 0 Å². The van der Waals surface area contributed by atoms with E-state index in [2.05, 4.69) is 10.2 Å². The molecule has 2 amide bonds. The molecule has 168 valence electrons. The van der Waals surface area contributed by atoms with E-state index in [1.165, 1.54) is 19.3 Å². The van der Waals surface area contributed by atoms with Gasteiger partial charge in [0.2, 0.25) is 11.8 Å². The molecular weight excluding hydrogens is 423 g/mol.